The maximum absolute atomic E-state index is 7.32. The molecule has 0 aliphatic carbocycles. The molecule has 0 aromatic heterocycles. The highest BCUT2D eigenvalue weighted by Gasteiger charge is 2.40. The molecular formula is C39H33OP3. The number of para-hydroxylation sites is 1. The van der Waals surface area contributed by atoms with Gasteiger partial charge in [-0.15, -0.1) is 9.24 Å². The second-order valence-electron chi connectivity index (χ2n) is 11.3. The van der Waals surface area contributed by atoms with Gasteiger partial charge in [0.2, 0.25) is 0 Å². The minimum absolute atomic E-state index is 0.255. The van der Waals surface area contributed by atoms with E-state index in [-0.39, 0.29) is 5.41 Å². The number of ether oxygens (including phenoxy) is 1. The average Bonchev–Trinajstić information content (AvgIpc) is 3.05. The summed E-state index contributed by atoms with van der Waals surface area (Å²) >= 11 is 0. The number of rotatable bonds is 6. The summed E-state index contributed by atoms with van der Waals surface area (Å²) in [4.78, 5) is 0. The smallest absolute Gasteiger partial charge is 0.140 e. The Balaban J connectivity index is 1.47. The summed E-state index contributed by atoms with van der Waals surface area (Å²) in [5, 5.41) is 8.97. The Hall–Kier alpha value is -3.59. The van der Waals surface area contributed by atoms with Crippen molar-refractivity contribution in [3.63, 3.8) is 0 Å². The van der Waals surface area contributed by atoms with Crippen molar-refractivity contribution in [2.75, 3.05) is 0 Å². The van der Waals surface area contributed by atoms with Gasteiger partial charge in [-0.05, 0) is 48.4 Å². The molecule has 1 atom stereocenters. The summed E-state index contributed by atoms with van der Waals surface area (Å²) in [6.07, 6.45) is 0. The Labute approximate surface area is 259 Å². The number of benzene rings is 6. The first-order chi connectivity index (χ1) is 21.0. The van der Waals surface area contributed by atoms with Crippen LogP contribution < -0.4 is 41.9 Å². The lowest BCUT2D eigenvalue weighted by Crippen LogP contribution is -2.35. The number of fused-ring (bicyclic) bond motifs is 2. The Morgan fingerprint density at radius 2 is 0.884 bits per heavy atom. The molecule has 4 heteroatoms. The molecule has 0 bridgehead atoms. The molecule has 0 saturated carbocycles. The minimum Gasteiger partial charge on any atom is -0.455 e. The summed E-state index contributed by atoms with van der Waals surface area (Å²) in [5.74, 6) is 2.01. The van der Waals surface area contributed by atoms with Gasteiger partial charge in [-0.1, -0.05) is 159 Å². The largest absolute Gasteiger partial charge is 0.455 e. The van der Waals surface area contributed by atoms with Crippen LogP contribution in [0.5, 0.6) is 11.5 Å². The fourth-order valence-corrected chi connectivity index (χ4v) is 11.6. The highest BCUT2D eigenvalue weighted by atomic mass is 31.1. The quantitative estimate of drug-likeness (QED) is 0.182. The molecule has 0 saturated heterocycles. The second-order valence-corrected chi connectivity index (χ2v) is 16.3. The van der Waals surface area contributed by atoms with Gasteiger partial charge in [0.1, 0.15) is 11.5 Å². The SMILES string of the molecule is CC1(C)c2cccc(P(c3ccccc3)c3ccccc3)c2Oc2c(P(c3ccccc3)c3ccccc3)ccc(P)c21. The van der Waals surface area contributed by atoms with Crippen molar-refractivity contribution in [2.45, 2.75) is 19.3 Å². The molecule has 1 heterocycles. The fraction of sp³-hybridized carbons (Fsp3) is 0.0769. The molecule has 7 rings (SSSR count). The summed E-state index contributed by atoms with van der Waals surface area (Å²) < 4.78 is 7.32. The molecule has 210 valence electrons. The van der Waals surface area contributed by atoms with Crippen molar-refractivity contribution in [1.29, 1.82) is 0 Å². The van der Waals surface area contributed by atoms with Crippen LogP contribution in [0, 0.1) is 0 Å². The Bertz CT molecular complexity index is 1790. The van der Waals surface area contributed by atoms with Crippen molar-refractivity contribution in [1.82, 2.24) is 0 Å². The Morgan fingerprint density at radius 3 is 1.33 bits per heavy atom. The van der Waals surface area contributed by atoms with Gasteiger partial charge in [0.15, 0.2) is 0 Å². The zero-order valence-electron chi connectivity index (χ0n) is 24.3. The summed E-state index contributed by atoms with van der Waals surface area (Å²) in [7, 11) is 1.32. The van der Waals surface area contributed by atoms with Crippen LogP contribution in [-0.4, -0.2) is 0 Å². The third-order valence-corrected chi connectivity index (χ3v) is 13.6. The lowest BCUT2D eigenvalue weighted by Gasteiger charge is -2.39. The van der Waals surface area contributed by atoms with Gasteiger partial charge in [-0.3, -0.25) is 0 Å². The van der Waals surface area contributed by atoms with E-state index < -0.39 is 15.8 Å². The predicted molar refractivity (Wildman–Crippen MR) is 192 cm³/mol. The van der Waals surface area contributed by atoms with E-state index in [4.69, 9.17) is 4.74 Å². The van der Waals surface area contributed by atoms with E-state index in [0.29, 0.717) is 0 Å². The normalized spacial score (nSPS) is 13.3. The highest BCUT2D eigenvalue weighted by molar-refractivity contribution is 7.80. The summed E-state index contributed by atoms with van der Waals surface area (Å²) in [6.45, 7) is 4.71. The third kappa shape index (κ3) is 5.15. The minimum atomic E-state index is -0.845. The average molecular weight is 611 g/mol. The third-order valence-electron chi connectivity index (χ3n) is 8.21. The molecule has 1 aliphatic rings. The molecule has 0 fully saturated rings. The lowest BCUT2D eigenvalue weighted by molar-refractivity contribution is 0.426. The monoisotopic (exact) mass is 610 g/mol. The standard InChI is InChI=1S/C39H33OP3/c1-39(2)32-24-15-25-34(42(28-16-7-3-8-17-28)29-18-9-4-10-19-29)37(32)40-38-35(27-26-33(41)36(38)39)43(30-20-11-5-12-21-30)31-22-13-6-14-23-31/h3-27H,41H2,1-2H3. The van der Waals surface area contributed by atoms with Crippen LogP contribution >= 0.6 is 25.1 Å². The van der Waals surface area contributed by atoms with E-state index in [2.05, 4.69) is 175 Å². The van der Waals surface area contributed by atoms with Crippen LogP contribution in [0.3, 0.4) is 0 Å². The van der Waals surface area contributed by atoms with Crippen molar-refractivity contribution in [3.8, 4) is 11.5 Å². The highest BCUT2D eigenvalue weighted by Crippen LogP contribution is 2.52. The topological polar surface area (TPSA) is 9.23 Å². The maximum Gasteiger partial charge on any atom is 0.140 e. The summed E-state index contributed by atoms with van der Waals surface area (Å²) in [6, 6.07) is 55.0. The molecule has 0 amide bonds. The number of hydrogen-bond acceptors (Lipinski definition) is 1. The maximum atomic E-state index is 7.32. The lowest BCUT2D eigenvalue weighted by atomic mass is 9.75. The molecule has 6 aromatic carbocycles. The first kappa shape index (κ1) is 28.2. The molecule has 1 nitrogen and oxygen atoms in total. The van der Waals surface area contributed by atoms with Crippen LogP contribution in [0.15, 0.2) is 152 Å². The van der Waals surface area contributed by atoms with Crippen molar-refractivity contribution in [3.05, 3.63) is 163 Å². The van der Waals surface area contributed by atoms with Gasteiger partial charge in [-0.25, -0.2) is 0 Å². The van der Waals surface area contributed by atoms with Gasteiger partial charge in [0.05, 0.1) is 0 Å². The van der Waals surface area contributed by atoms with E-state index in [9.17, 15) is 0 Å². The van der Waals surface area contributed by atoms with Gasteiger partial charge >= 0.3 is 0 Å². The molecule has 0 spiro atoms. The van der Waals surface area contributed by atoms with Gasteiger partial charge in [0.25, 0.3) is 0 Å². The van der Waals surface area contributed by atoms with Crippen LogP contribution in [0.4, 0.5) is 0 Å². The van der Waals surface area contributed by atoms with E-state index in [0.717, 1.165) is 11.5 Å². The fourth-order valence-electron chi connectivity index (χ4n) is 6.21. The van der Waals surface area contributed by atoms with Crippen LogP contribution in [0.25, 0.3) is 0 Å². The second kappa shape index (κ2) is 11.8. The molecule has 6 aromatic rings. The van der Waals surface area contributed by atoms with Gasteiger partial charge < -0.3 is 4.74 Å². The van der Waals surface area contributed by atoms with Gasteiger partial charge in [-0.2, -0.15) is 0 Å². The number of hydrogen-bond donors (Lipinski definition) is 0. The molecule has 1 unspecified atom stereocenters. The van der Waals surface area contributed by atoms with Crippen LogP contribution in [0.2, 0.25) is 0 Å². The van der Waals surface area contributed by atoms with Crippen molar-refractivity contribution in [2.24, 2.45) is 0 Å². The summed E-state index contributed by atoms with van der Waals surface area (Å²) in [5.41, 5.74) is 2.23. The van der Waals surface area contributed by atoms with E-state index in [1.54, 1.807) is 0 Å². The zero-order valence-corrected chi connectivity index (χ0v) is 27.3. The van der Waals surface area contributed by atoms with Crippen molar-refractivity contribution < 1.29 is 4.74 Å². The molecule has 0 N–H and O–H groups in total. The van der Waals surface area contributed by atoms with Crippen LogP contribution in [-0.2, 0) is 5.41 Å². The van der Waals surface area contributed by atoms with Gasteiger partial charge in [0, 0.05) is 27.2 Å². The molecular weight excluding hydrogens is 577 g/mol. The zero-order chi connectivity index (χ0) is 29.4. The molecule has 0 radical (unpaired) electrons. The molecule has 1 aliphatic heterocycles. The molecule has 43 heavy (non-hydrogen) atoms. The van der Waals surface area contributed by atoms with Crippen LogP contribution in [0.1, 0.15) is 25.0 Å². The van der Waals surface area contributed by atoms with E-state index in [1.165, 1.54) is 48.3 Å². The van der Waals surface area contributed by atoms with E-state index >= 15 is 0 Å². The Kier molecular flexibility index (Phi) is 7.76. The first-order valence-electron chi connectivity index (χ1n) is 14.6. The van der Waals surface area contributed by atoms with E-state index in [1.807, 2.05) is 0 Å². The first-order valence-corrected chi connectivity index (χ1v) is 17.8. The predicted octanol–water partition coefficient (Wildman–Crippen LogP) is 7.14. The van der Waals surface area contributed by atoms with Crippen molar-refractivity contribution >= 4 is 62.2 Å². The Morgan fingerprint density at radius 1 is 0.465 bits per heavy atom.